The van der Waals surface area contributed by atoms with E-state index in [2.05, 4.69) is 84.4 Å². The lowest BCUT2D eigenvalue weighted by molar-refractivity contribution is 1.33. The molecule has 0 saturated heterocycles. The molecule has 0 N–H and O–H groups in total. The number of aromatic nitrogens is 1. The Kier molecular flexibility index (Phi) is 3.42. The smallest absolute Gasteiger partial charge is 0.0786 e. The van der Waals surface area contributed by atoms with Crippen LogP contribution in [0.5, 0.6) is 0 Å². The Morgan fingerprint density at radius 1 is 0.826 bits per heavy atom. The van der Waals surface area contributed by atoms with E-state index in [9.17, 15) is 0 Å². The van der Waals surface area contributed by atoms with Gasteiger partial charge in [-0.25, -0.2) is 0 Å². The number of aryl methyl sites for hydroxylation is 2. The Bertz CT molecular complexity index is 1030. The van der Waals surface area contributed by atoms with E-state index in [4.69, 9.17) is 4.98 Å². The lowest BCUT2D eigenvalue weighted by atomic mass is 9.96. The molecule has 0 saturated carbocycles. The summed E-state index contributed by atoms with van der Waals surface area (Å²) in [6.07, 6.45) is 1.90. The molecule has 1 aromatic heterocycles. The van der Waals surface area contributed by atoms with Crippen LogP contribution in [-0.2, 0) is 0 Å². The lowest BCUT2D eigenvalue weighted by Crippen LogP contribution is -1.90. The summed E-state index contributed by atoms with van der Waals surface area (Å²) in [5.41, 5.74) is 4.76. The Balaban J connectivity index is 2.17. The lowest BCUT2D eigenvalue weighted by Gasteiger charge is -2.12. The van der Waals surface area contributed by atoms with Crippen LogP contribution in [0, 0.1) is 13.8 Å². The van der Waals surface area contributed by atoms with Crippen LogP contribution in [0.3, 0.4) is 0 Å². The molecule has 0 spiro atoms. The van der Waals surface area contributed by atoms with E-state index in [0.717, 1.165) is 10.2 Å². The summed E-state index contributed by atoms with van der Waals surface area (Å²) >= 11 is 3.70. The van der Waals surface area contributed by atoms with Gasteiger partial charge in [-0.2, -0.15) is 0 Å². The molecule has 4 rings (SSSR count). The maximum Gasteiger partial charge on any atom is 0.0786 e. The second-order valence-electron chi connectivity index (χ2n) is 6.04. The summed E-state index contributed by atoms with van der Waals surface area (Å²) < 4.78 is 1.12. The molecule has 0 aliphatic rings. The third-order valence-corrected chi connectivity index (χ3v) is 4.87. The topological polar surface area (TPSA) is 12.9 Å². The van der Waals surface area contributed by atoms with E-state index in [1.807, 2.05) is 6.20 Å². The zero-order valence-corrected chi connectivity index (χ0v) is 14.7. The molecule has 3 aromatic carbocycles. The van der Waals surface area contributed by atoms with Crippen molar-refractivity contribution in [1.29, 1.82) is 0 Å². The molecule has 0 atom stereocenters. The van der Waals surface area contributed by atoms with E-state index in [1.165, 1.54) is 38.2 Å². The first kappa shape index (κ1) is 14.4. The van der Waals surface area contributed by atoms with Gasteiger partial charge >= 0.3 is 0 Å². The summed E-state index contributed by atoms with van der Waals surface area (Å²) in [4.78, 5) is 4.72. The van der Waals surface area contributed by atoms with Crippen LogP contribution < -0.4 is 0 Å². The van der Waals surface area contributed by atoms with Crippen LogP contribution in [0.1, 0.15) is 11.1 Å². The number of pyridine rings is 1. The van der Waals surface area contributed by atoms with Gasteiger partial charge in [-0.15, -0.1) is 0 Å². The zero-order chi connectivity index (χ0) is 16.0. The molecule has 0 bridgehead atoms. The predicted molar refractivity (Wildman–Crippen MR) is 102 cm³/mol. The van der Waals surface area contributed by atoms with E-state index < -0.39 is 0 Å². The first-order valence-corrected chi connectivity index (χ1v) is 8.47. The van der Waals surface area contributed by atoms with Gasteiger partial charge in [-0.3, -0.25) is 4.98 Å². The first-order chi connectivity index (χ1) is 11.1. The summed E-state index contributed by atoms with van der Waals surface area (Å²) in [5, 5.41) is 4.88. The Hall–Kier alpha value is -2.19. The van der Waals surface area contributed by atoms with Gasteiger partial charge < -0.3 is 0 Å². The highest BCUT2D eigenvalue weighted by molar-refractivity contribution is 9.10. The molecule has 0 unspecified atom stereocenters. The maximum absolute atomic E-state index is 4.72. The number of nitrogens with zero attached hydrogens (tertiary/aromatic N) is 1. The number of benzene rings is 3. The summed E-state index contributed by atoms with van der Waals surface area (Å²) in [6, 6.07) is 19.4. The van der Waals surface area contributed by atoms with Crippen LogP contribution in [0.4, 0.5) is 0 Å². The van der Waals surface area contributed by atoms with Gasteiger partial charge in [-0.1, -0.05) is 57.4 Å². The van der Waals surface area contributed by atoms with Gasteiger partial charge in [0.2, 0.25) is 0 Å². The molecular weight excluding hydrogens is 346 g/mol. The third kappa shape index (κ3) is 2.43. The van der Waals surface area contributed by atoms with E-state index in [-0.39, 0.29) is 0 Å². The zero-order valence-electron chi connectivity index (χ0n) is 13.1. The SMILES string of the molecule is Cc1cc(C)cc(-c2nccc3cc(Br)c4ccccc4c23)c1. The van der Waals surface area contributed by atoms with Crippen LogP contribution in [-0.4, -0.2) is 4.98 Å². The number of fused-ring (bicyclic) bond motifs is 3. The Labute approximate surface area is 144 Å². The standard InChI is InChI=1S/C21H16BrN/c1-13-9-14(2)11-16(10-13)21-20-15(7-8-23-21)12-19(22)17-5-3-4-6-18(17)20/h3-12H,1-2H3. The molecule has 0 aliphatic carbocycles. The van der Waals surface area contributed by atoms with Crippen molar-refractivity contribution >= 4 is 37.5 Å². The molecule has 0 fully saturated rings. The van der Waals surface area contributed by atoms with Gasteiger partial charge in [0.25, 0.3) is 0 Å². The maximum atomic E-state index is 4.72. The summed E-state index contributed by atoms with van der Waals surface area (Å²) in [5.74, 6) is 0. The van der Waals surface area contributed by atoms with Crippen molar-refractivity contribution in [2.45, 2.75) is 13.8 Å². The minimum Gasteiger partial charge on any atom is -0.256 e. The molecule has 112 valence electrons. The fraction of sp³-hybridized carbons (Fsp3) is 0.0952. The molecule has 0 aliphatic heterocycles. The number of hydrogen-bond acceptors (Lipinski definition) is 1. The average molecular weight is 362 g/mol. The van der Waals surface area contributed by atoms with E-state index in [0.29, 0.717) is 0 Å². The van der Waals surface area contributed by atoms with Gasteiger partial charge in [0.1, 0.15) is 0 Å². The van der Waals surface area contributed by atoms with E-state index >= 15 is 0 Å². The van der Waals surface area contributed by atoms with Crippen LogP contribution >= 0.6 is 15.9 Å². The van der Waals surface area contributed by atoms with Gasteiger partial charge in [0.05, 0.1) is 5.69 Å². The normalized spacial score (nSPS) is 11.3. The highest BCUT2D eigenvalue weighted by Gasteiger charge is 2.11. The van der Waals surface area contributed by atoms with Crippen molar-refractivity contribution in [3.05, 3.63) is 76.4 Å². The van der Waals surface area contributed by atoms with Gasteiger partial charge in [-0.05, 0) is 54.3 Å². The molecule has 1 heterocycles. The summed E-state index contributed by atoms with van der Waals surface area (Å²) in [7, 11) is 0. The van der Waals surface area contributed by atoms with E-state index in [1.54, 1.807) is 0 Å². The molecule has 2 heteroatoms. The van der Waals surface area contributed by atoms with Crippen molar-refractivity contribution in [1.82, 2.24) is 4.98 Å². The van der Waals surface area contributed by atoms with Gasteiger partial charge in [0, 0.05) is 21.6 Å². The number of rotatable bonds is 1. The largest absolute Gasteiger partial charge is 0.256 e. The minimum absolute atomic E-state index is 1.05. The van der Waals surface area contributed by atoms with Crippen LogP contribution in [0.2, 0.25) is 0 Å². The molecule has 0 amide bonds. The van der Waals surface area contributed by atoms with Crippen LogP contribution in [0.25, 0.3) is 32.8 Å². The van der Waals surface area contributed by atoms with Crippen LogP contribution in [0.15, 0.2) is 65.3 Å². The average Bonchev–Trinajstić information content (AvgIpc) is 2.53. The van der Waals surface area contributed by atoms with Crippen molar-refractivity contribution in [3.63, 3.8) is 0 Å². The number of halogens is 1. The molecular formula is C21H16BrN. The highest BCUT2D eigenvalue weighted by Crippen LogP contribution is 2.37. The van der Waals surface area contributed by atoms with Gasteiger partial charge in [0.15, 0.2) is 0 Å². The Morgan fingerprint density at radius 3 is 2.26 bits per heavy atom. The minimum atomic E-state index is 1.05. The third-order valence-electron chi connectivity index (χ3n) is 4.21. The fourth-order valence-corrected chi connectivity index (χ4v) is 3.93. The van der Waals surface area contributed by atoms with Crippen molar-refractivity contribution in [2.24, 2.45) is 0 Å². The van der Waals surface area contributed by atoms with Crippen molar-refractivity contribution < 1.29 is 0 Å². The number of hydrogen-bond donors (Lipinski definition) is 0. The van der Waals surface area contributed by atoms with Crippen molar-refractivity contribution in [3.8, 4) is 11.3 Å². The second kappa shape index (κ2) is 5.47. The predicted octanol–water partition coefficient (Wildman–Crippen LogP) is 6.43. The monoisotopic (exact) mass is 361 g/mol. The Morgan fingerprint density at radius 2 is 1.52 bits per heavy atom. The first-order valence-electron chi connectivity index (χ1n) is 7.68. The molecule has 4 aromatic rings. The summed E-state index contributed by atoms with van der Waals surface area (Å²) in [6.45, 7) is 4.27. The second-order valence-corrected chi connectivity index (χ2v) is 6.89. The fourth-order valence-electron chi connectivity index (χ4n) is 3.33. The van der Waals surface area contributed by atoms with Crippen molar-refractivity contribution in [2.75, 3.05) is 0 Å². The molecule has 23 heavy (non-hydrogen) atoms. The highest BCUT2D eigenvalue weighted by atomic mass is 79.9. The molecule has 1 nitrogen and oxygen atoms in total. The quantitative estimate of drug-likeness (QED) is 0.355. The molecule has 0 radical (unpaired) electrons.